The molecule has 0 radical (unpaired) electrons. The van der Waals surface area contributed by atoms with Crippen molar-refractivity contribution in [3.05, 3.63) is 18.0 Å². The van der Waals surface area contributed by atoms with E-state index in [1.54, 1.807) is 11.8 Å². The fourth-order valence-corrected chi connectivity index (χ4v) is 2.12. The molecule has 1 aliphatic carbocycles. The molecular formula is C13H19NOS. The first kappa shape index (κ1) is 11.8. The van der Waals surface area contributed by atoms with Crippen molar-refractivity contribution in [2.24, 2.45) is 0 Å². The van der Waals surface area contributed by atoms with Gasteiger partial charge in [0.2, 0.25) is 0 Å². The summed E-state index contributed by atoms with van der Waals surface area (Å²) in [5, 5.41) is 0. The molecule has 0 unspecified atom stereocenters. The monoisotopic (exact) mass is 237 g/mol. The predicted molar refractivity (Wildman–Crippen MR) is 68.4 cm³/mol. The van der Waals surface area contributed by atoms with Gasteiger partial charge in [0.1, 0.15) is 0 Å². The fraction of sp³-hybridized carbons (Fsp3) is 0.615. The van der Waals surface area contributed by atoms with E-state index >= 15 is 0 Å². The van der Waals surface area contributed by atoms with Gasteiger partial charge in [0.15, 0.2) is 5.75 Å². The molecule has 0 aliphatic heterocycles. The number of thioether (sulfide) groups is 1. The van der Waals surface area contributed by atoms with Crippen LogP contribution in [0.4, 0.5) is 0 Å². The van der Waals surface area contributed by atoms with E-state index in [2.05, 4.69) is 32.0 Å². The van der Waals surface area contributed by atoms with Crippen LogP contribution in [-0.4, -0.2) is 17.3 Å². The second-order valence-electron chi connectivity index (χ2n) is 5.26. The molecule has 0 amide bonds. The zero-order chi connectivity index (χ0) is 11.8. The summed E-state index contributed by atoms with van der Waals surface area (Å²) in [4.78, 5) is 5.70. The third kappa shape index (κ3) is 2.51. The molecule has 16 heavy (non-hydrogen) atoms. The van der Waals surface area contributed by atoms with E-state index in [-0.39, 0.29) is 5.41 Å². The molecule has 2 nitrogen and oxygen atoms in total. The van der Waals surface area contributed by atoms with Gasteiger partial charge in [-0.2, -0.15) is 0 Å². The number of rotatable bonds is 3. The molecule has 1 aromatic rings. The lowest BCUT2D eigenvalue weighted by molar-refractivity contribution is 0.284. The van der Waals surface area contributed by atoms with Gasteiger partial charge in [-0.1, -0.05) is 20.8 Å². The average Bonchev–Trinajstić information content (AvgIpc) is 3.00. The average molecular weight is 237 g/mol. The van der Waals surface area contributed by atoms with Gasteiger partial charge in [0.05, 0.1) is 16.7 Å². The quantitative estimate of drug-likeness (QED) is 0.749. The lowest BCUT2D eigenvalue weighted by Crippen LogP contribution is -2.16. The van der Waals surface area contributed by atoms with Gasteiger partial charge in [0.25, 0.3) is 0 Å². The van der Waals surface area contributed by atoms with E-state index in [0.29, 0.717) is 6.10 Å². The molecule has 3 heteroatoms. The number of aromatic nitrogens is 1. The summed E-state index contributed by atoms with van der Waals surface area (Å²) in [6, 6.07) is 2.04. The van der Waals surface area contributed by atoms with Crippen molar-refractivity contribution in [3.63, 3.8) is 0 Å². The van der Waals surface area contributed by atoms with E-state index < -0.39 is 0 Å². The lowest BCUT2D eigenvalue weighted by Gasteiger charge is -2.22. The molecule has 1 saturated carbocycles. The Labute approximate surface area is 102 Å². The Morgan fingerprint density at radius 3 is 2.56 bits per heavy atom. The molecule has 0 saturated heterocycles. The normalized spacial score (nSPS) is 16.2. The van der Waals surface area contributed by atoms with E-state index in [4.69, 9.17) is 4.74 Å². The maximum absolute atomic E-state index is 6.02. The third-order valence-electron chi connectivity index (χ3n) is 2.61. The predicted octanol–water partition coefficient (Wildman–Crippen LogP) is 3.64. The number of hydrogen-bond acceptors (Lipinski definition) is 3. The van der Waals surface area contributed by atoms with Crippen molar-refractivity contribution in [1.82, 2.24) is 4.98 Å². The Bertz CT molecular complexity index is 380. The summed E-state index contributed by atoms with van der Waals surface area (Å²) < 4.78 is 6.02. The van der Waals surface area contributed by atoms with Crippen molar-refractivity contribution in [1.29, 1.82) is 0 Å². The van der Waals surface area contributed by atoms with Crippen LogP contribution in [0.3, 0.4) is 0 Å². The van der Waals surface area contributed by atoms with Crippen LogP contribution in [0, 0.1) is 0 Å². The van der Waals surface area contributed by atoms with Crippen LogP contribution in [0.1, 0.15) is 39.3 Å². The molecule has 0 spiro atoms. The maximum Gasteiger partial charge on any atom is 0.155 e. The summed E-state index contributed by atoms with van der Waals surface area (Å²) in [6.45, 7) is 6.54. The van der Waals surface area contributed by atoms with Gasteiger partial charge < -0.3 is 4.74 Å². The minimum absolute atomic E-state index is 0.0377. The van der Waals surface area contributed by atoms with Crippen LogP contribution in [-0.2, 0) is 5.41 Å². The molecule has 88 valence electrons. The number of ether oxygens (including phenoxy) is 1. The fourth-order valence-electron chi connectivity index (χ4n) is 1.59. The standard InChI is InChI=1S/C13H19NOS/c1-13(2,3)12-11(15-9-5-6-9)10(16-4)7-8-14-12/h7-9H,5-6H2,1-4H3. The molecule has 0 aromatic carbocycles. The highest BCUT2D eigenvalue weighted by Crippen LogP contribution is 2.39. The van der Waals surface area contributed by atoms with E-state index in [0.717, 1.165) is 11.4 Å². The molecule has 1 aliphatic rings. The van der Waals surface area contributed by atoms with Crippen LogP contribution >= 0.6 is 11.8 Å². The van der Waals surface area contributed by atoms with Gasteiger partial charge in [-0.15, -0.1) is 11.8 Å². The van der Waals surface area contributed by atoms with Gasteiger partial charge in [-0.05, 0) is 25.2 Å². The van der Waals surface area contributed by atoms with Gasteiger partial charge in [-0.25, -0.2) is 0 Å². The zero-order valence-corrected chi connectivity index (χ0v) is 11.2. The first-order valence-electron chi connectivity index (χ1n) is 5.72. The van der Waals surface area contributed by atoms with Crippen molar-refractivity contribution in [2.75, 3.05) is 6.26 Å². The SMILES string of the molecule is CSc1ccnc(C(C)(C)C)c1OC1CC1. The Hall–Kier alpha value is -0.700. The molecule has 0 atom stereocenters. The zero-order valence-electron chi connectivity index (χ0n) is 10.4. The Morgan fingerprint density at radius 1 is 1.38 bits per heavy atom. The number of pyridine rings is 1. The van der Waals surface area contributed by atoms with Crippen molar-refractivity contribution in [3.8, 4) is 5.75 Å². The lowest BCUT2D eigenvalue weighted by atomic mass is 9.91. The second-order valence-corrected chi connectivity index (χ2v) is 6.11. The highest BCUT2D eigenvalue weighted by Gasteiger charge is 2.29. The molecule has 1 fully saturated rings. The first-order valence-corrected chi connectivity index (χ1v) is 6.95. The maximum atomic E-state index is 6.02. The van der Waals surface area contributed by atoms with Gasteiger partial charge in [0, 0.05) is 11.6 Å². The summed E-state index contributed by atoms with van der Waals surface area (Å²) in [6.07, 6.45) is 6.77. The summed E-state index contributed by atoms with van der Waals surface area (Å²) in [5.74, 6) is 1.00. The highest BCUT2D eigenvalue weighted by molar-refractivity contribution is 7.98. The van der Waals surface area contributed by atoms with E-state index in [1.165, 1.54) is 17.7 Å². The second kappa shape index (κ2) is 4.28. The van der Waals surface area contributed by atoms with Crippen LogP contribution in [0.2, 0.25) is 0 Å². The first-order chi connectivity index (χ1) is 7.52. The van der Waals surface area contributed by atoms with Crippen LogP contribution in [0.25, 0.3) is 0 Å². The molecule has 1 heterocycles. The van der Waals surface area contributed by atoms with E-state index in [1.807, 2.05) is 12.3 Å². The molecule has 0 bridgehead atoms. The van der Waals surface area contributed by atoms with Crippen molar-refractivity contribution >= 4 is 11.8 Å². The molecule has 2 rings (SSSR count). The minimum atomic E-state index is 0.0377. The smallest absolute Gasteiger partial charge is 0.155 e. The van der Waals surface area contributed by atoms with Gasteiger partial charge >= 0.3 is 0 Å². The largest absolute Gasteiger partial charge is 0.487 e. The molecule has 1 aromatic heterocycles. The number of hydrogen-bond donors (Lipinski definition) is 0. The highest BCUT2D eigenvalue weighted by atomic mass is 32.2. The van der Waals surface area contributed by atoms with Crippen molar-refractivity contribution in [2.45, 2.75) is 50.0 Å². The number of nitrogens with zero attached hydrogens (tertiary/aromatic N) is 1. The summed E-state index contributed by atoms with van der Waals surface area (Å²) >= 11 is 1.73. The molecular weight excluding hydrogens is 218 g/mol. The summed E-state index contributed by atoms with van der Waals surface area (Å²) in [5.41, 5.74) is 1.11. The van der Waals surface area contributed by atoms with Crippen LogP contribution in [0.15, 0.2) is 17.2 Å². The van der Waals surface area contributed by atoms with E-state index in [9.17, 15) is 0 Å². The topological polar surface area (TPSA) is 22.1 Å². The van der Waals surface area contributed by atoms with Gasteiger partial charge in [-0.3, -0.25) is 4.98 Å². The third-order valence-corrected chi connectivity index (χ3v) is 3.37. The van der Waals surface area contributed by atoms with Crippen LogP contribution in [0.5, 0.6) is 5.75 Å². The summed E-state index contributed by atoms with van der Waals surface area (Å²) in [7, 11) is 0. The van der Waals surface area contributed by atoms with Crippen molar-refractivity contribution < 1.29 is 4.74 Å². The Kier molecular flexibility index (Phi) is 3.15. The minimum Gasteiger partial charge on any atom is -0.487 e. The Balaban J connectivity index is 2.41. The molecule has 0 N–H and O–H groups in total. The van der Waals surface area contributed by atoms with Crippen LogP contribution < -0.4 is 4.74 Å². The Morgan fingerprint density at radius 2 is 2.06 bits per heavy atom.